The summed E-state index contributed by atoms with van der Waals surface area (Å²) in [6.07, 6.45) is 2.95. The number of ether oxygens (including phenoxy) is 5. The van der Waals surface area contributed by atoms with E-state index in [1.807, 2.05) is 0 Å². The zero-order valence-corrected chi connectivity index (χ0v) is 17.5. The second-order valence-corrected chi connectivity index (χ2v) is 6.19. The molecule has 0 radical (unpaired) electrons. The standard InChI is InChI=1S/C22H26O7/c1-13-20(24)19(22(28-6)14(2)21(13)29-12-25-3)17(23)9-7-15-11-16(26-4)8-10-18(15)27-5/h7-11,24H,12H2,1-6H3. The summed E-state index contributed by atoms with van der Waals surface area (Å²) in [5.74, 6) is 1.24. The van der Waals surface area contributed by atoms with E-state index < -0.39 is 5.78 Å². The van der Waals surface area contributed by atoms with Gasteiger partial charge in [-0.25, -0.2) is 0 Å². The number of benzene rings is 2. The van der Waals surface area contributed by atoms with Crippen LogP contribution in [0.5, 0.6) is 28.7 Å². The van der Waals surface area contributed by atoms with Gasteiger partial charge in [0.1, 0.15) is 34.3 Å². The molecule has 2 aromatic rings. The molecule has 0 atom stereocenters. The number of carbonyl (C=O) groups is 1. The fourth-order valence-electron chi connectivity index (χ4n) is 3.01. The molecule has 2 aromatic carbocycles. The molecule has 0 aliphatic rings. The number of hydrogen-bond acceptors (Lipinski definition) is 7. The Morgan fingerprint density at radius 1 is 1.00 bits per heavy atom. The fraction of sp³-hybridized carbons (Fsp3) is 0.318. The number of methoxy groups -OCH3 is 4. The van der Waals surface area contributed by atoms with Crippen molar-refractivity contribution in [3.63, 3.8) is 0 Å². The van der Waals surface area contributed by atoms with E-state index in [1.54, 1.807) is 52.3 Å². The third-order valence-electron chi connectivity index (χ3n) is 4.46. The summed E-state index contributed by atoms with van der Waals surface area (Å²) >= 11 is 0. The molecule has 0 heterocycles. The Hall–Kier alpha value is -3.19. The minimum atomic E-state index is -0.422. The van der Waals surface area contributed by atoms with Gasteiger partial charge < -0.3 is 28.8 Å². The average Bonchev–Trinajstić information content (AvgIpc) is 2.74. The molecule has 2 rings (SSSR count). The zero-order chi connectivity index (χ0) is 21.6. The van der Waals surface area contributed by atoms with E-state index in [-0.39, 0.29) is 23.9 Å². The van der Waals surface area contributed by atoms with Gasteiger partial charge in [0.2, 0.25) is 0 Å². The smallest absolute Gasteiger partial charge is 0.193 e. The van der Waals surface area contributed by atoms with Crippen LogP contribution in [0, 0.1) is 13.8 Å². The molecule has 7 heteroatoms. The van der Waals surface area contributed by atoms with Crippen molar-refractivity contribution >= 4 is 11.9 Å². The number of ketones is 1. The highest BCUT2D eigenvalue weighted by Gasteiger charge is 2.25. The van der Waals surface area contributed by atoms with Gasteiger partial charge in [0.05, 0.1) is 21.3 Å². The van der Waals surface area contributed by atoms with E-state index in [0.29, 0.717) is 33.9 Å². The van der Waals surface area contributed by atoms with Crippen molar-refractivity contribution in [2.75, 3.05) is 35.2 Å². The molecule has 0 aliphatic carbocycles. The van der Waals surface area contributed by atoms with Crippen molar-refractivity contribution in [2.45, 2.75) is 13.8 Å². The summed E-state index contributed by atoms with van der Waals surface area (Å²) in [6, 6.07) is 5.26. The first-order valence-electron chi connectivity index (χ1n) is 8.85. The number of rotatable bonds is 9. The normalized spacial score (nSPS) is 10.8. The largest absolute Gasteiger partial charge is 0.507 e. The lowest BCUT2D eigenvalue weighted by Gasteiger charge is -2.19. The van der Waals surface area contributed by atoms with Gasteiger partial charge in [-0.3, -0.25) is 4.79 Å². The zero-order valence-electron chi connectivity index (χ0n) is 17.5. The number of allylic oxidation sites excluding steroid dienone is 1. The van der Waals surface area contributed by atoms with Gasteiger partial charge in [-0.15, -0.1) is 0 Å². The number of hydrogen-bond donors (Lipinski definition) is 1. The third kappa shape index (κ3) is 4.63. The second-order valence-electron chi connectivity index (χ2n) is 6.19. The van der Waals surface area contributed by atoms with Crippen molar-refractivity contribution in [2.24, 2.45) is 0 Å². The number of phenols is 1. The van der Waals surface area contributed by atoms with Crippen molar-refractivity contribution in [1.29, 1.82) is 0 Å². The molecule has 29 heavy (non-hydrogen) atoms. The van der Waals surface area contributed by atoms with Gasteiger partial charge in [0.25, 0.3) is 0 Å². The topological polar surface area (TPSA) is 83.5 Å². The number of carbonyl (C=O) groups excluding carboxylic acids is 1. The predicted octanol–water partition coefficient (Wildman–Crippen LogP) is 3.91. The first-order valence-corrected chi connectivity index (χ1v) is 8.85. The molecule has 0 saturated carbocycles. The van der Waals surface area contributed by atoms with E-state index >= 15 is 0 Å². The molecule has 0 aromatic heterocycles. The number of phenolic OH excluding ortho intramolecular Hbond substituents is 1. The van der Waals surface area contributed by atoms with Crippen molar-refractivity contribution in [1.82, 2.24) is 0 Å². The Labute approximate surface area is 170 Å². The van der Waals surface area contributed by atoms with Crippen LogP contribution in [0.15, 0.2) is 24.3 Å². The highest BCUT2D eigenvalue weighted by molar-refractivity contribution is 6.11. The first kappa shape index (κ1) is 22.1. The molecule has 7 nitrogen and oxygen atoms in total. The van der Waals surface area contributed by atoms with Gasteiger partial charge in [-0.1, -0.05) is 0 Å². The maximum absolute atomic E-state index is 12.9. The summed E-state index contributed by atoms with van der Waals surface area (Å²) in [7, 11) is 6.03. The van der Waals surface area contributed by atoms with Crippen LogP contribution >= 0.6 is 0 Å². The molecular formula is C22H26O7. The second kappa shape index (κ2) is 9.84. The van der Waals surface area contributed by atoms with Crippen LogP contribution in [0.25, 0.3) is 6.08 Å². The molecular weight excluding hydrogens is 376 g/mol. The van der Waals surface area contributed by atoms with Gasteiger partial charge >= 0.3 is 0 Å². The maximum Gasteiger partial charge on any atom is 0.193 e. The first-order chi connectivity index (χ1) is 13.9. The molecule has 1 N–H and O–H groups in total. The van der Waals surface area contributed by atoms with Crippen molar-refractivity contribution < 1.29 is 33.6 Å². The SMILES string of the molecule is COCOc1c(C)c(O)c(C(=O)C=Cc2cc(OC)ccc2OC)c(OC)c1C. The summed E-state index contributed by atoms with van der Waals surface area (Å²) in [6.45, 7) is 3.42. The maximum atomic E-state index is 12.9. The monoisotopic (exact) mass is 402 g/mol. The lowest BCUT2D eigenvalue weighted by atomic mass is 9.98. The van der Waals surface area contributed by atoms with E-state index in [9.17, 15) is 9.90 Å². The lowest BCUT2D eigenvalue weighted by Crippen LogP contribution is -2.08. The molecule has 0 aliphatic heterocycles. The van der Waals surface area contributed by atoms with Gasteiger partial charge in [0.15, 0.2) is 12.6 Å². The minimum absolute atomic E-state index is 0.00705. The predicted molar refractivity (Wildman–Crippen MR) is 110 cm³/mol. The summed E-state index contributed by atoms with van der Waals surface area (Å²) in [5, 5.41) is 10.7. The number of aromatic hydroxyl groups is 1. The quantitative estimate of drug-likeness (QED) is 0.387. The van der Waals surface area contributed by atoms with Crippen molar-refractivity contribution in [3.8, 4) is 28.7 Å². The van der Waals surface area contributed by atoms with E-state index in [4.69, 9.17) is 23.7 Å². The third-order valence-corrected chi connectivity index (χ3v) is 4.46. The molecule has 0 spiro atoms. The molecule has 0 saturated heterocycles. The highest BCUT2D eigenvalue weighted by Crippen LogP contribution is 2.42. The van der Waals surface area contributed by atoms with Crippen LogP contribution in [0.1, 0.15) is 27.0 Å². The molecule has 0 unspecified atom stereocenters. The average molecular weight is 402 g/mol. The van der Waals surface area contributed by atoms with Gasteiger partial charge in [-0.05, 0) is 44.2 Å². The Balaban J connectivity index is 2.49. The Morgan fingerprint density at radius 2 is 1.72 bits per heavy atom. The highest BCUT2D eigenvalue weighted by atomic mass is 16.7. The summed E-state index contributed by atoms with van der Waals surface area (Å²) in [4.78, 5) is 12.9. The van der Waals surface area contributed by atoms with Crippen LogP contribution in [0.3, 0.4) is 0 Å². The van der Waals surface area contributed by atoms with E-state index in [1.165, 1.54) is 20.3 Å². The Kier molecular flexibility index (Phi) is 7.50. The fourth-order valence-corrected chi connectivity index (χ4v) is 3.01. The summed E-state index contributed by atoms with van der Waals surface area (Å²) < 4.78 is 26.4. The van der Waals surface area contributed by atoms with Crippen LogP contribution in [-0.2, 0) is 4.74 Å². The van der Waals surface area contributed by atoms with E-state index in [0.717, 1.165) is 0 Å². The lowest BCUT2D eigenvalue weighted by molar-refractivity contribution is 0.0497. The van der Waals surface area contributed by atoms with Crippen LogP contribution in [-0.4, -0.2) is 46.1 Å². The van der Waals surface area contributed by atoms with Crippen molar-refractivity contribution in [3.05, 3.63) is 46.5 Å². The van der Waals surface area contributed by atoms with Gasteiger partial charge in [0, 0.05) is 23.8 Å². The Bertz CT molecular complexity index is 916. The minimum Gasteiger partial charge on any atom is -0.507 e. The molecule has 0 bridgehead atoms. The van der Waals surface area contributed by atoms with Gasteiger partial charge in [-0.2, -0.15) is 0 Å². The van der Waals surface area contributed by atoms with Crippen LogP contribution in [0.4, 0.5) is 0 Å². The molecule has 0 amide bonds. The molecule has 156 valence electrons. The molecule has 0 fully saturated rings. The van der Waals surface area contributed by atoms with Crippen LogP contribution in [0.2, 0.25) is 0 Å². The Morgan fingerprint density at radius 3 is 2.31 bits per heavy atom. The van der Waals surface area contributed by atoms with Crippen LogP contribution < -0.4 is 18.9 Å². The summed E-state index contributed by atoms with van der Waals surface area (Å²) in [5.41, 5.74) is 1.74. The van der Waals surface area contributed by atoms with E-state index in [2.05, 4.69) is 0 Å².